The van der Waals surface area contributed by atoms with Crippen LogP contribution in [-0.4, -0.2) is 33.8 Å². The van der Waals surface area contributed by atoms with E-state index in [2.05, 4.69) is 27.4 Å². The molecule has 6 nitrogen and oxygen atoms in total. The summed E-state index contributed by atoms with van der Waals surface area (Å²) in [6.07, 6.45) is 4.10. The maximum Gasteiger partial charge on any atom is 0.259 e. The van der Waals surface area contributed by atoms with E-state index in [1.54, 1.807) is 17.5 Å². The van der Waals surface area contributed by atoms with Crippen LogP contribution in [0.2, 0.25) is 0 Å². The summed E-state index contributed by atoms with van der Waals surface area (Å²) in [5.74, 6) is -0.143. The molecular formula is C23H23N5OS. The van der Waals surface area contributed by atoms with Crippen molar-refractivity contribution in [2.45, 2.75) is 26.3 Å². The van der Waals surface area contributed by atoms with Crippen molar-refractivity contribution in [1.29, 1.82) is 0 Å². The van der Waals surface area contributed by atoms with E-state index in [0.717, 1.165) is 45.4 Å². The lowest BCUT2D eigenvalue weighted by Crippen LogP contribution is -2.16. The molecule has 1 aliphatic rings. The Morgan fingerprint density at radius 3 is 2.73 bits per heavy atom. The van der Waals surface area contributed by atoms with Crippen molar-refractivity contribution in [3.05, 3.63) is 71.5 Å². The molecule has 1 saturated heterocycles. The monoisotopic (exact) mass is 417 g/mol. The van der Waals surface area contributed by atoms with Crippen molar-refractivity contribution < 1.29 is 4.79 Å². The maximum absolute atomic E-state index is 12.9. The number of amides is 1. The van der Waals surface area contributed by atoms with Gasteiger partial charge in [-0.15, -0.1) is 0 Å². The third kappa shape index (κ3) is 3.68. The van der Waals surface area contributed by atoms with E-state index in [9.17, 15) is 4.79 Å². The summed E-state index contributed by atoms with van der Waals surface area (Å²) in [5.41, 5.74) is 4.35. The number of fused-ring (bicyclic) bond motifs is 1. The molecule has 5 rings (SSSR count). The summed E-state index contributed by atoms with van der Waals surface area (Å²) in [6.45, 7) is 4.73. The van der Waals surface area contributed by atoms with Crippen LogP contribution in [0.4, 0.5) is 10.8 Å². The second kappa shape index (κ2) is 7.91. The standard InChI is InChI=1S/C23H23N5OS/c1-16-19(14-24-28(16)15-17-7-3-2-4-8-17)22(29)25-18-9-10-20-21(13-18)30-23(26-20)27-11-5-6-12-27/h2-4,7-10,13-14H,5-6,11-12,15H2,1H3,(H,25,29). The minimum atomic E-state index is -0.143. The van der Waals surface area contributed by atoms with Crippen LogP contribution >= 0.6 is 11.3 Å². The van der Waals surface area contributed by atoms with Gasteiger partial charge in [0.15, 0.2) is 5.13 Å². The van der Waals surface area contributed by atoms with Crippen LogP contribution in [0, 0.1) is 6.92 Å². The molecule has 1 fully saturated rings. The fourth-order valence-corrected chi connectivity index (χ4v) is 4.87. The molecule has 4 aromatic rings. The first kappa shape index (κ1) is 18.8. The fraction of sp³-hybridized carbons (Fsp3) is 0.261. The van der Waals surface area contributed by atoms with Gasteiger partial charge in [-0.1, -0.05) is 41.7 Å². The molecule has 0 saturated carbocycles. The zero-order valence-electron chi connectivity index (χ0n) is 16.8. The smallest absolute Gasteiger partial charge is 0.259 e. The van der Waals surface area contributed by atoms with Gasteiger partial charge in [-0.25, -0.2) is 4.98 Å². The largest absolute Gasteiger partial charge is 0.348 e. The average Bonchev–Trinajstić information content (AvgIpc) is 3.49. The molecule has 0 aliphatic carbocycles. The van der Waals surface area contributed by atoms with Gasteiger partial charge in [0.05, 0.1) is 28.5 Å². The zero-order chi connectivity index (χ0) is 20.5. The molecule has 7 heteroatoms. The van der Waals surface area contributed by atoms with E-state index in [1.807, 2.05) is 48.0 Å². The lowest BCUT2D eigenvalue weighted by atomic mass is 10.2. The lowest BCUT2D eigenvalue weighted by Gasteiger charge is -2.11. The van der Waals surface area contributed by atoms with Gasteiger partial charge in [-0.2, -0.15) is 5.10 Å². The van der Waals surface area contributed by atoms with Crippen LogP contribution in [0.25, 0.3) is 10.2 Å². The molecule has 0 radical (unpaired) electrons. The normalized spacial score (nSPS) is 13.8. The summed E-state index contributed by atoms with van der Waals surface area (Å²) >= 11 is 1.69. The highest BCUT2D eigenvalue weighted by atomic mass is 32.1. The van der Waals surface area contributed by atoms with Crippen LogP contribution in [0.3, 0.4) is 0 Å². The van der Waals surface area contributed by atoms with Gasteiger partial charge in [0.25, 0.3) is 5.91 Å². The number of hydrogen-bond acceptors (Lipinski definition) is 5. The predicted octanol–water partition coefficient (Wildman–Crippen LogP) is 4.70. The first-order chi connectivity index (χ1) is 14.7. The Balaban J connectivity index is 1.33. The molecule has 30 heavy (non-hydrogen) atoms. The molecule has 0 atom stereocenters. The number of carbonyl (C=O) groups excluding carboxylic acids is 1. The quantitative estimate of drug-likeness (QED) is 0.511. The van der Waals surface area contributed by atoms with Gasteiger partial charge in [0, 0.05) is 24.5 Å². The van der Waals surface area contributed by atoms with E-state index in [4.69, 9.17) is 4.98 Å². The van der Waals surface area contributed by atoms with Gasteiger partial charge in [0.1, 0.15) is 0 Å². The first-order valence-corrected chi connectivity index (χ1v) is 11.0. The molecule has 0 bridgehead atoms. The lowest BCUT2D eigenvalue weighted by molar-refractivity contribution is 0.102. The minimum absolute atomic E-state index is 0.143. The highest BCUT2D eigenvalue weighted by molar-refractivity contribution is 7.22. The van der Waals surface area contributed by atoms with Crippen LogP contribution in [0.5, 0.6) is 0 Å². The molecule has 0 spiro atoms. The summed E-state index contributed by atoms with van der Waals surface area (Å²) in [7, 11) is 0. The molecule has 3 heterocycles. The van der Waals surface area contributed by atoms with Crippen LogP contribution in [0.1, 0.15) is 34.5 Å². The van der Waals surface area contributed by atoms with E-state index in [1.165, 1.54) is 12.8 Å². The number of nitrogens with zero attached hydrogens (tertiary/aromatic N) is 4. The Bertz CT molecular complexity index is 1190. The molecule has 1 aliphatic heterocycles. The van der Waals surface area contributed by atoms with Gasteiger partial charge in [0.2, 0.25) is 0 Å². The molecule has 0 unspecified atom stereocenters. The average molecular weight is 418 g/mol. The number of carbonyl (C=O) groups is 1. The number of aromatic nitrogens is 3. The third-order valence-electron chi connectivity index (χ3n) is 5.53. The summed E-state index contributed by atoms with van der Waals surface area (Å²) in [4.78, 5) is 20.0. The van der Waals surface area contributed by atoms with Gasteiger partial charge >= 0.3 is 0 Å². The topological polar surface area (TPSA) is 63.1 Å². The van der Waals surface area contributed by atoms with E-state index < -0.39 is 0 Å². The SMILES string of the molecule is Cc1c(C(=O)Nc2ccc3nc(N4CCCC4)sc3c2)cnn1Cc1ccccc1. The Labute approximate surface area is 179 Å². The third-order valence-corrected chi connectivity index (χ3v) is 6.61. The maximum atomic E-state index is 12.9. The molecule has 2 aromatic carbocycles. The number of thiazole rings is 1. The van der Waals surface area contributed by atoms with E-state index >= 15 is 0 Å². The second-order valence-corrected chi connectivity index (χ2v) is 8.62. The minimum Gasteiger partial charge on any atom is -0.348 e. The Morgan fingerprint density at radius 1 is 1.13 bits per heavy atom. The zero-order valence-corrected chi connectivity index (χ0v) is 17.7. The number of anilines is 2. The molecule has 1 N–H and O–H groups in total. The molecule has 2 aromatic heterocycles. The number of benzene rings is 2. The fourth-order valence-electron chi connectivity index (χ4n) is 3.82. The molecule has 1 amide bonds. The number of hydrogen-bond donors (Lipinski definition) is 1. The van der Waals surface area contributed by atoms with Crippen LogP contribution in [0.15, 0.2) is 54.7 Å². The van der Waals surface area contributed by atoms with Gasteiger partial charge < -0.3 is 10.2 Å². The van der Waals surface area contributed by atoms with Crippen molar-refractivity contribution in [1.82, 2.24) is 14.8 Å². The van der Waals surface area contributed by atoms with Crippen molar-refractivity contribution in [3.8, 4) is 0 Å². The number of rotatable bonds is 5. The second-order valence-electron chi connectivity index (χ2n) is 7.61. The van der Waals surface area contributed by atoms with Crippen molar-refractivity contribution in [3.63, 3.8) is 0 Å². The van der Waals surface area contributed by atoms with Crippen molar-refractivity contribution >= 4 is 38.3 Å². The number of nitrogens with one attached hydrogen (secondary N) is 1. The Kier molecular flexibility index (Phi) is 4.96. The van der Waals surface area contributed by atoms with Crippen LogP contribution in [-0.2, 0) is 6.54 Å². The Hall–Kier alpha value is -3.19. The summed E-state index contributed by atoms with van der Waals surface area (Å²) in [5, 5.41) is 8.51. The molecule has 152 valence electrons. The van der Waals surface area contributed by atoms with Gasteiger partial charge in [-0.05, 0) is 43.5 Å². The van der Waals surface area contributed by atoms with E-state index in [-0.39, 0.29) is 5.91 Å². The van der Waals surface area contributed by atoms with Crippen molar-refractivity contribution in [2.75, 3.05) is 23.3 Å². The Morgan fingerprint density at radius 2 is 1.93 bits per heavy atom. The summed E-state index contributed by atoms with van der Waals surface area (Å²) in [6, 6.07) is 16.0. The highest BCUT2D eigenvalue weighted by Crippen LogP contribution is 2.32. The summed E-state index contributed by atoms with van der Waals surface area (Å²) < 4.78 is 2.95. The van der Waals surface area contributed by atoms with E-state index in [0.29, 0.717) is 12.1 Å². The highest BCUT2D eigenvalue weighted by Gasteiger charge is 2.18. The van der Waals surface area contributed by atoms with Crippen molar-refractivity contribution in [2.24, 2.45) is 0 Å². The predicted molar refractivity (Wildman–Crippen MR) is 122 cm³/mol. The first-order valence-electron chi connectivity index (χ1n) is 10.2. The van der Waals surface area contributed by atoms with Crippen LogP contribution < -0.4 is 10.2 Å². The molecular weight excluding hydrogens is 394 g/mol. The van der Waals surface area contributed by atoms with Gasteiger partial charge in [-0.3, -0.25) is 9.48 Å².